The van der Waals surface area contributed by atoms with Gasteiger partial charge in [0.1, 0.15) is 5.75 Å². The second kappa shape index (κ2) is 10.1. The number of carbonyl (C=O) groups excluding carboxylic acids is 2. The summed E-state index contributed by atoms with van der Waals surface area (Å²) in [5, 5.41) is 5.82. The number of nitrogens with one attached hydrogen (secondary N) is 2. The van der Waals surface area contributed by atoms with Gasteiger partial charge in [0.15, 0.2) is 0 Å². The van der Waals surface area contributed by atoms with E-state index in [1.54, 1.807) is 55.6 Å². The standard InChI is InChI=1S/C23H29N3O3/c1-17-11-14-26(15-12-17)16-13-24-23(28)20-5-3-4-6-21(20)25-22(27)18-7-9-19(29-2)10-8-18/h3-10,17H,11-16H2,1-2H3,(H,24,28)(H,25,27). The second-order valence-electron chi connectivity index (χ2n) is 7.51. The van der Waals surface area contributed by atoms with Crippen LogP contribution in [0.25, 0.3) is 0 Å². The zero-order valence-electron chi connectivity index (χ0n) is 17.1. The highest BCUT2D eigenvalue weighted by molar-refractivity contribution is 6.09. The third-order valence-corrected chi connectivity index (χ3v) is 5.36. The van der Waals surface area contributed by atoms with Crippen molar-refractivity contribution in [2.75, 3.05) is 38.6 Å². The van der Waals surface area contributed by atoms with Crippen LogP contribution in [0.15, 0.2) is 48.5 Å². The van der Waals surface area contributed by atoms with E-state index in [4.69, 9.17) is 4.74 Å². The minimum absolute atomic E-state index is 0.180. The lowest BCUT2D eigenvalue weighted by Gasteiger charge is -2.30. The molecule has 6 heteroatoms. The molecule has 6 nitrogen and oxygen atoms in total. The van der Waals surface area contributed by atoms with Gasteiger partial charge in [-0.05, 0) is 68.2 Å². The molecular formula is C23H29N3O3. The van der Waals surface area contributed by atoms with Gasteiger partial charge < -0.3 is 20.3 Å². The van der Waals surface area contributed by atoms with E-state index in [9.17, 15) is 9.59 Å². The van der Waals surface area contributed by atoms with Crippen LogP contribution in [0.3, 0.4) is 0 Å². The van der Waals surface area contributed by atoms with E-state index in [0.29, 0.717) is 29.1 Å². The Labute approximate surface area is 172 Å². The van der Waals surface area contributed by atoms with Crippen molar-refractivity contribution in [3.8, 4) is 5.75 Å². The fourth-order valence-electron chi connectivity index (χ4n) is 3.44. The first-order valence-corrected chi connectivity index (χ1v) is 10.1. The molecule has 1 aliphatic heterocycles. The number of anilines is 1. The maximum Gasteiger partial charge on any atom is 0.255 e. The van der Waals surface area contributed by atoms with Crippen LogP contribution < -0.4 is 15.4 Å². The van der Waals surface area contributed by atoms with Gasteiger partial charge in [-0.15, -0.1) is 0 Å². The summed E-state index contributed by atoms with van der Waals surface area (Å²) in [6, 6.07) is 13.9. The Morgan fingerprint density at radius 1 is 1.03 bits per heavy atom. The van der Waals surface area contributed by atoms with Gasteiger partial charge in [0.05, 0.1) is 18.4 Å². The normalized spacial score (nSPS) is 15.0. The average molecular weight is 396 g/mol. The van der Waals surface area contributed by atoms with Gasteiger partial charge in [-0.1, -0.05) is 19.1 Å². The van der Waals surface area contributed by atoms with Crippen LogP contribution in [0.2, 0.25) is 0 Å². The average Bonchev–Trinajstić information content (AvgIpc) is 2.75. The van der Waals surface area contributed by atoms with Gasteiger partial charge in [0.25, 0.3) is 11.8 Å². The molecule has 2 aromatic rings. The van der Waals surface area contributed by atoms with Gasteiger partial charge in [-0.2, -0.15) is 0 Å². The van der Waals surface area contributed by atoms with Gasteiger partial charge in [-0.25, -0.2) is 0 Å². The van der Waals surface area contributed by atoms with E-state index >= 15 is 0 Å². The van der Waals surface area contributed by atoms with E-state index in [0.717, 1.165) is 25.6 Å². The number of ether oxygens (including phenoxy) is 1. The van der Waals surface area contributed by atoms with Gasteiger partial charge in [0.2, 0.25) is 0 Å². The number of methoxy groups -OCH3 is 1. The Kier molecular flexibility index (Phi) is 7.25. The first kappa shape index (κ1) is 20.9. The van der Waals surface area contributed by atoms with Crippen molar-refractivity contribution < 1.29 is 14.3 Å². The summed E-state index contributed by atoms with van der Waals surface area (Å²) in [6.07, 6.45) is 2.43. The second-order valence-corrected chi connectivity index (χ2v) is 7.51. The number of amides is 2. The molecule has 3 rings (SSSR count). The van der Waals surface area contributed by atoms with Gasteiger partial charge in [0, 0.05) is 18.7 Å². The lowest BCUT2D eigenvalue weighted by Crippen LogP contribution is -2.39. The summed E-state index contributed by atoms with van der Waals surface area (Å²) < 4.78 is 5.12. The summed E-state index contributed by atoms with van der Waals surface area (Å²) in [7, 11) is 1.58. The lowest BCUT2D eigenvalue weighted by atomic mass is 9.99. The lowest BCUT2D eigenvalue weighted by molar-refractivity contribution is 0.0945. The minimum atomic E-state index is -0.268. The largest absolute Gasteiger partial charge is 0.497 e. The quantitative estimate of drug-likeness (QED) is 0.754. The van der Waals surface area contributed by atoms with Crippen molar-refractivity contribution in [2.45, 2.75) is 19.8 Å². The summed E-state index contributed by atoms with van der Waals surface area (Å²) in [4.78, 5) is 27.6. The summed E-state index contributed by atoms with van der Waals surface area (Å²) >= 11 is 0. The topological polar surface area (TPSA) is 70.7 Å². The molecule has 1 saturated heterocycles. The molecule has 1 aliphatic rings. The van der Waals surface area contributed by atoms with E-state index in [1.807, 2.05) is 0 Å². The molecule has 1 heterocycles. The van der Waals surface area contributed by atoms with Crippen LogP contribution in [0.5, 0.6) is 5.75 Å². The Hall–Kier alpha value is -2.86. The number of nitrogens with zero attached hydrogens (tertiary/aromatic N) is 1. The molecule has 0 spiro atoms. The molecule has 0 aliphatic carbocycles. The molecule has 154 valence electrons. The van der Waals surface area contributed by atoms with E-state index in [1.165, 1.54) is 12.8 Å². The molecule has 2 amide bonds. The SMILES string of the molecule is COc1ccc(C(=O)Nc2ccccc2C(=O)NCCN2CCC(C)CC2)cc1. The van der Waals surface area contributed by atoms with E-state index in [2.05, 4.69) is 22.5 Å². The zero-order chi connectivity index (χ0) is 20.6. The van der Waals surface area contributed by atoms with Crippen LogP contribution in [0.1, 0.15) is 40.5 Å². The maximum absolute atomic E-state index is 12.7. The number of benzene rings is 2. The number of carbonyl (C=O) groups is 2. The monoisotopic (exact) mass is 395 g/mol. The Bertz CT molecular complexity index is 828. The Morgan fingerprint density at radius 2 is 1.72 bits per heavy atom. The highest BCUT2D eigenvalue weighted by Crippen LogP contribution is 2.18. The minimum Gasteiger partial charge on any atom is -0.497 e. The first-order chi connectivity index (χ1) is 14.1. The van der Waals surface area contributed by atoms with Crippen molar-refractivity contribution in [1.82, 2.24) is 10.2 Å². The van der Waals surface area contributed by atoms with E-state index < -0.39 is 0 Å². The maximum atomic E-state index is 12.7. The van der Waals surface area contributed by atoms with Crippen molar-refractivity contribution in [1.29, 1.82) is 0 Å². The summed E-state index contributed by atoms with van der Waals surface area (Å²) in [5.74, 6) is 1.03. The molecule has 29 heavy (non-hydrogen) atoms. The molecule has 0 unspecified atom stereocenters. The first-order valence-electron chi connectivity index (χ1n) is 10.1. The third kappa shape index (κ3) is 5.81. The number of hydrogen-bond donors (Lipinski definition) is 2. The molecule has 0 aromatic heterocycles. The molecule has 0 radical (unpaired) electrons. The number of likely N-dealkylation sites (tertiary alicyclic amines) is 1. The molecule has 1 fully saturated rings. The number of rotatable bonds is 7. The number of para-hydroxylation sites is 1. The Balaban J connectivity index is 1.57. The van der Waals surface area contributed by atoms with Crippen molar-refractivity contribution in [3.63, 3.8) is 0 Å². The molecule has 0 bridgehead atoms. The molecule has 2 aromatic carbocycles. The predicted octanol–water partition coefficient (Wildman–Crippen LogP) is 3.41. The van der Waals surface area contributed by atoms with Crippen LogP contribution in [0.4, 0.5) is 5.69 Å². The predicted molar refractivity (Wildman–Crippen MR) is 115 cm³/mol. The van der Waals surface area contributed by atoms with E-state index in [-0.39, 0.29) is 11.8 Å². The number of hydrogen-bond acceptors (Lipinski definition) is 4. The molecule has 0 saturated carbocycles. The van der Waals surface area contributed by atoms with Crippen molar-refractivity contribution >= 4 is 17.5 Å². The summed E-state index contributed by atoms with van der Waals surface area (Å²) in [5.41, 5.74) is 1.46. The molecule has 0 atom stereocenters. The summed E-state index contributed by atoms with van der Waals surface area (Å²) in [6.45, 7) is 5.90. The fraction of sp³-hybridized carbons (Fsp3) is 0.391. The number of piperidine rings is 1. The van der Waals surface area contributed by atoms with Crippen molar-refractivity contribution in [2.24, 2.45) is 5.92 Å². The fourth-order valence-corrected chi connectivity index (χ4v) is 3.44. The molecular weight excluding hydrogens is 366 g/mol. The zero-order valence-corrected chi connectivity index (χ0v) is 17.1. The van der Waals surface area contributed by atoms with Crippen LogP contribution in [-0.2, 0) is 0 Å². The smallest absolute Gasteiger partial charge is 0.255 e. The Morgan fingerprint density at radius 3 is 2.41 bits per heavy atom. The molecule has 2 N–H and O–H groups in total. The highest BCUT2D eigenvalue weighted by atomic mass is 16.5. The van der Waals surface area contributed by atoms with Gasteiger partial charge in [-0.3, -0.25) is 9.59 Å². The van der Waals surface area contributed by atoms with Crippen LogP contribution >= 0.6 is 0 Å². The van der Waals surface area contributed by atoms with Crippen LogP contribution in [0, 0.1) is 5.92 Å². The van der Waals surface area contributed by atoms with Crippen LogP contribution in [-0.4, -0.2) is 50.0 Å². The third-order valence-electron chi connectivity index (χ3n) is 5.36. The van der Waals surface area contributed by atoms with Gasteiger partial charge >= 0.3 is 0 Å². The van der Waals surface area contributed by atoms with Crippen molar-refractivity contribution in [3.05, 3.63) is 59.7 Å². The highest BCUT2D eigenvalue weighted by Gasteiger charge is 2.17.